The molecule has 0 aliphatic heterocycles. The van der Waals surface area contributed by atoms with Crippen LogP contribution in [0.1, 0.15) is 10.9 Å². The maximum absolute atomic E-state index is 6.07. The highest BCUT2D eigenvalue weighted by atomic mass is 35.8. The van der Waals surface area contributed by atoms with Gasteiger partial charge in [-0.15, -0.1) is 44.8 Å². The summed E-state index contributed by atoms with van der Waals surface area (Å²) in [6.07, 6.45) is 0. The molecule has 5 heteroatoms. The van der Waals surface area contributed by atoms with Gasteiger partial charge in [0.2, 0.25) is 0 Å². The molecular formula is C8H8Cl4Si. The summed E-state index contributed by atoms with van der Waals surface area (Å²) < 4.78 is 0. The van der Waals surface area contributed by atoms with Crippen LogP contribution >= 0.6 is 44.8 Å². The van der Waals surface area contributed by atoms with Crippen LogP contribution in [0.5, 0.6) is 0 Å². The van der Waals surface area contributed by atoms with Crippen LogP contribution in [0.2, 0.25) is 6.04 Å². The highest BCUT2D eigenvalue weighted by molar-refractivity contribution is 7.64. The highest BCUT2D eigenvalue weighted by Crippen LogP contribution is 2.36. The second-order valence-corrected chi connectivity index (χ2v) is 12.4. The van der Waals surface area contributed by atoms with Crippen molar-refractivity contribution in [2.45, 2.75) is 11.4 Å². The fourth-order valence-corrected chi connectivity index (χ4v) is 4.56. The van der Waals surface area contributed by atoms with Crippen molar-refractivity contribution in [3.05, 3.63) is 35.9 Å². The van der Waals surface area contributed by atoms with Crippen LogP contribution in [0.4, 0.5) is 0 Å². The molecule has 1 aromatic rings. The predicted molar refractivity (Wildman–Crippen MR) is 63.2 cm³/mol. The van der Waals surface area contributed by atoms with E-state index in [2.05, 4.69) is 0 Å². The normalized spacial score (nSPS) is 14.2. The van der Waals surface area contributed by atoms with Crippen molar-refractivity contribution in [1.82, 2.24) is 0 Å². The topological polar surface area (TPSA) is 0 Å². The lowest BCUT2D eigenvalue weighted by molar-refractivity contribution is 1.07. The Balaban J connectivity index is 2.64. The van der Waals surface area contributed by atoms with Crippen molar-refractivity contribution >= 4 is 50.8 Å². The van der Waals surface area contributed by atoms with Crippen molar-refractivity contribution in [3.8, 4) is 0 Å². The number of alkyl halides is 1. The summed E-state index contributed by atoms with van der Waals surface area (Å²) in [5.41, 5.74) is 1.00. The second kappa shape index (κ2) is 4.90. The van der Waals surface area contributed by atoms with E-state index in [1.807, 2.05) is 30.3 Å². The first kappa shape index (κ1) is 11.7. The third-order valence-electron chi connectivity index (χ3n) is 1.57. The molecule has 0 bridgehead atoms. The van der Waals surface area contributed by atoms with Gasteiger partial charge in [-0.2, -0.15) is 0 Å². The van der Waals surface area contributed by atoms with E-state index < -0.39 is 6.00 Å². The maximum atomic E-state index is 6.07. The Morgan fingerprint density at radius 3 is 2.08 bits per heavy atom. The Labute approximate surface area is 97.9 Å². The zero-order chi connectivity index (χ0) is 9.90. The molecule has 0 saturated carbocycles. The van der Waals surface area contributed by atoms with Gasteiger partial charge in [-0.1, -0.05) is 30.3 Å². The summed E-state index contributed by atoms with van der Waals surface area (Å²) in [5.74, 6) is 0. The van der Waals surface area contributed by atoms with E-state index in [0.717, 1.165) is 5.56 Å². The zero-order valence-electron chi connectivity index (χ0n) is 6.68. The molecule has 0 aromatic heterocycles. The van der Waals surface area contributed by atoms with E-state index in [1.165, 1.54) is 0 Å². The molecule has 0 N–H and O–H groups in total. The van der Waals surface area contributed by atoms with Gasteiger partial charge in [0.25, 0.3) is 0 Å². The average Bonchev–Trinajstić information content (AvgIpc) is 2.03. The van der Waals surface area contributed by atoms with Crippen LogP contribution in [0.25, 0.3) is 0 Å². The minimum absolute atomic E-state index is 0.194. The van der Waals surface area contributed by atoms with Crippen LogP contribution in [-0.2, 0) is 0 Å². The maximum Gasteiger partial charge on any atom is 0.343 e. The number of hydrogen-bond acceptors (Lipinski definition) is 0. The lowest BCUT2D eigenvalue weighted by Gasteiger charge is -2.13. The summed E-state index contributed by atoms with van der Waals surface area (Å²) in [5, 5.41) is -0.194. The van der Waals surface area contributed by atoms with Gasteiger partial charge in [-0.05, 0) is 5.56 Å². The van der Waals surface area contributed by atoms with Gasteiger partial charge in [-0.25, -0.2) is 0 Å². The van der Waals surface area contributed by atoms with Crippen molar-refractivity contribution < 1.29 is 0 Å². The van der Waals surface area contributed by atoms with Crippen molar-refractivity contribution in [1.29, 1.82) is 0 Å². The van der Waals surface area contributed by atoms with Gasteiger partial charge in [-0.3, -0.25) is 0 Å². The first-order valence-electron chi connectivity index (χ1n) is 3.75. The van der Waals surface area contributed by atoms with E-state index >= 15 is 0 Å². The smallest absolute Gasteiger partial charge is 0.126 e. The van der Waals surface area contributed by atoms with Crippen LogP contribution in [-0.4, -0.2) is 6.00 Å². The molecule has 0 saturated heterocycles. The molecule has 0 nitrogen and oxygen atoms in total. The molecule has 0 spiro atoms. The second-order valence-electron chi connectivity index (χ2n) is 2.70. The summed E-state index contributed by atoms with van der Waals surface area (Å²) >= 11 is 23.4. The number of benzene rings is 1. The molecule has 0 aliphatic carbocycles. The zero-order valence-corrected chi connectivity index (χ0v) is 10.7. The van der Waals surface area contributed by atoms with Crippen LogP contribution in [0.15, 0.2) is 30.3 Å². The molecule has 0 heterocycles. The Morgan fingerprint density at radius 2 is 1.62 bits per heavy atom. The molecule has 0 amide bonds. The van der Waals surface area contributed by atoms with E-state index in [1.54, 1.807) is 0 Å². The standard InChI is InChI=1S/C8H8Cl4Si/c9-8(6-13(10,11)12)7-4-2-1-3-5-7/h1-5,8H,6H2. The molecule has 13 heavy (non-hydrogen) atoms. The monoisotopic (exact) mass is 272 g/mol. The first-order chi connectivity index (χ1) is 5.99. The van der Waals surface area contributed by atoms with Gasteiger partial charge in [0.15, 0.2) is 0 Å². The average molecular weight is 274 g/mol. The Kier molecular flexibility index (Phi) is 4.40. The number of halogens is 4. The van der Waals surface area contributed by atoms with Gasteiger partial charge >= 0.3 is 6.00 Å². The molecule has 0 fully saturated rings. The van der Waals surface area contributed by atoms with Crippen LogP contribution in [0, 0.1) is 0 Å². The van der Waals surface area contributed by atoms with E-state index in [4.69, 9.17) is 44.8 Å². The molecule has 1 aromatic carbocycles. The molecule has 72 valence electrons. The van der Waals surface area contributed by atoms with Gasteiger partial charge in [0.05, 0.1) is 5.38 Å². The van der Waals surface area contributed by atoms with Crippen LogP contribution < -0.4 is 0 Å². The molecule has 1 rings (SSSR count). The molecule has 1 atom stereocenters. The van der Waals surface area contributed by atoms with E-state index in [-0.39, 0.29) is 5.38 Å². The van der Waals surface area contributed by atoms with Crippen LogP contribution in [0.3, 0.4) is 0 Å². The van der Waals surface area contributed by atoms with E-state index in [9.17, 15) is 0 Å². The lowest BCUT2D eigenvalue weighted by atomic mass is 10.2. The minimum atomic E-state index is -2.62. The quantitative estimate of drug-likeness (QED) is 0.428. The van der Waals surface area contributed by atoms with Gasteiger partial charge in [0, 0.05) is 6.04 Å². The Hall–Kier alpha value is 0.597. The Morgan fingerprint density at radius 1 is 1.08 bits per heavy atom. The van der Waals surface area contributed by atoms with Crippen molar-refractivity contribution in [2.24, 2.45) is 0 Å². The fourth-order valence-electron chi connectivity index (χ4n) is 0.983. The predicted octanol–water partition coefficient (Wildman–Crippen LogP) is 4.62. The summed E-state index contributed by atoms with van der Waals surface area (Å²) in [6.45, 7) is 0. The number of hydrogen-bond donors (Lipinski definition) is 0. The van der Waals surface area contributed by atoms with Gasteiger partial charge < -0.3 is 0 Å². The minimum Gasteiger partial charge on any atom is -0.126 e. The molecular weight excluding hydrogens is 266 g/mol. The van der Waals surface area contributed by atoms with Gasteiger partial charge in [0.1, 0.15) is 0 Å². The van der Waals surface area contributed by atoms with Crippen molar-refractivity contribution in [2.75, 3.05) is 0 Å². The SMILES string of the molecule is ClC(C[Si](Cl)(Cl)Cl)c1ccccc1. The summed E-state index contributed by atoms with van der Waals surface area (Å²) in [4.78, 5) is 0. The third-order valence-corrected chi connectivity index (χ3v) is 4.50. The van der Waals surface area contributed by atoms with Crippen molar-refractivity contribution in [3.63, 3.8) is 0 Å². The lowest BCUT2D eigenvalue weighted by Crippen LogP contribution is -2.11. The third kappa shape index (κ3) is 4.57. The number of rotatable bonds is 3. The first-order valence-corrected chi connectivity index (χ1v) is 9.43. The summed E-state index contributed by atoms with van der Waals surface area (Å²) in [7, 11) is 0. The Bertz CT molecular complexity index is 257. The highest BCUT2D eigenvalue weighted by Gasteiger charge is 2.29. The fraction of sp³-hybridized carbons (Fsp3) is 0.250. The molecule has 0 aliphatic rings. The molecule has 0 radical (unpaired) electrons. The molecule has 1 unspecified atom stereocenters. The summed E-state index contributed by atoms with van der Waals surface area (Å²) in [6, 6.07) is 7.47. The van der Waals surface area contributed by atoms with E-state index in [0.29, 0.717) is 6.04 Å². The largest absolute Gasteiger partial charge is 0.343 e.